The Morgan fingerprint density at radius 2 is 1.87 bits per heavy atom. The molecule has 7 nitrogen and oxygen atoms in total. The number of piperidine rings is 1. The summed E-state index contributed by atoms with van der Waals surface area (Å²) in [5.41, 5.74) is 2.11. The van der Waals surface area contributed by atoms with Gasteiger partial charge in [-0.25, -0.2) is 0 Å². The van der Waals surface area contributed by atoms with E-state index < -0.39 is 0 Å². The van der Waals surface area contributed by atoms with Gasteiger partial charge in [0, 0.05) is 32.2 Å². The highest BCUT2D eigenvalue weighted by Gasteiger charge is 2.28. The molecule has 1 fully saturated rings. The number of carbonyl (C=O) groups excluding carboxylic acids is 2. The second kappa shape index (κ2) is 11.5. The summed E-state index contributed by atoms with van der Waals surface area (Å²) in [6.45, 7) is 5.94. The van der Waals surface area contributed by atoms with Crippen LogP contribution in [-0.4, -0.2) is 49.6 Å². The van der Waals surface area contributed by atoms with Crippen LogP contribution in [0.5, 0.6) is 0 Å². The second-order valence-electron chi connectivity index (χ2n) is 7.33. The van der Waals surface area contributed by atoms with Gasteiger partial charge in [0.2, 0.25) is 5.91 Å². The largest absolute Gasteiger partial charge is 0.459 e. The van der Waals surface area contributed by atoms with Gasteiger partial charge in [-0.3, -0.25) is 9.59 Å². The quantitative estimate of drug-likeness (QED) is 0.605. The third-order valence-corrected chi connectivity index (χ3v) is 5.19. The zero-order valence-corrected chi connectivity index (χ0v) is 17.5. The van der Waals surface area contributed by atoms with Gasteiger partial charge in [0.05, 0.1) is 26.1 Å². The lowest BCUT2D eigenvalue weighted by atomic mass is 9.95. The molecule has 1 aromatic carbocycles. The Balaban J connectivity index is 1.39. The Bertz CT molecular complexity index is 798. The van der Waals surface area contributed by atoms with E-state index in [4.69, 9.17) is 13.9 Å². The number of carbonyl (C=O) groups is 2. The molecule has 2 heterocycles. The first-order valence-corrected chi connectivity index (χ1v) is 10.5. The van der Waals surface area contributed by atoms with E-state index >= 15 is 0 Å². The van der Waals surface area contributed by atoms with Crippen molar-refractivity contribution in [1.29, 1.82) is 0 Å². The molecule has 0 atom stereocenters. The Labute approximate surface area is 177 Å². The molecule has 162 valence electrons. The molecule has 1 aromatic heterocycles. The zero-order valence-electron chi connectivity index (χ0n) is 17.5. The van der Waals surface area contributed by atoms with E-state index in [1.165, 1.54) is 6.26 Å². The van der Waals surface area contributed by atoms with Crippen molar-refractivity contribution >= 4 is 11.8 Å². The summed E-state index contributed by atoms with van der Waals surface area (Å²) in [6, 6.07) is 11.4. The van der Waals surface area contributed by atoms with E-state index in [0.717, 1.165) is 11.1 Å². The fourth-order valence-electron chi connectivity index (χ4n) is 3.52. The topological polar surface area (TPSA) is 81.0 Å². The Hall–Kier alpha value is -2.64. The number of furan rings is 1. The second-order valence-corrected chi connectivity index (χ2v) is 7.33. The molecule has 0 radical (unpaired) electrons. The first-order chi connectivity index (χ1) is 14.7. The van der Waals surface area contributed by atoms with E-state index in [1.807, 2.05) is 31.2 Å². The Morgan fingerprint density at radius 1 is 1.10 bits per heavy atom. The van der Waals surface area contributed by atoms with Crippen molar-refractivity contribution in [2.24, 2.45) is 5.92 Å². The molecule has 3 rings (SSSR count). The van der Waals surface area contributed by atoms with Crippen LogP contribution >= 0.6 is 0 Å². The van der Waals surface area contributed by atoms with Crippen LogP contribution in [0.3, 0.4) is 0 Å². The van der Waals surface area contributed by atoms with Crippen molar-refractivity contribution in [2.45, 2.75) is 32.9 Å². The molecule has 2 amide bonds. The highest BCUT2D eigenvalue weighted by Crippen LogP contribution is 2.20. The lowest BCUT2D eigenvalue weighted by Gasteiger charge is -2.30. The highest BCUT2D eigenvalue weighted by atomic mass is 16.5. The predicted octanol–water partition coefficient (Wildman–Crippen LogP) is 3.00. The molecular formula is C23H30N2O5. The summed E-state index contributed by atoms with van der Waals surface area (Å²) in [4.78, 5) is 26.6. The van der Waals surface area contributed by atoms with Crippen LogP contribution in [0, 0.1) is 5.92 Å². The maximum Gasteiger partial charge on any atom is 0.289 e. The fraction of sp³-hybridized carbons (Fsp3) is 0.478. The molecular weight excluding hydrogens is 384 g/mol. The normalized spacial score (nSPS) is 14.6. The molecule has 1 aliphatic rings. The number of hydrogen-bond donors (Lipinski definition) is 1. The highest BCUT2D eigenvalue weighted by molar-refractivity contribution is 5.91. The number of nitrogens with one attached hydrogen (secondary N) is 1. The summed E-state index contributed by atoms with van der Waals surface area (Å²) in [6.07, 6.45) is 2.81. The van der Waals surface area contributed by atoms with Gasteiger partial charge in [0.15, 0.2) is 5.76 Å². The summed E-state index contributed by atoms with van der Waals surface area (Å²) in [5, 5.41) is 3.03. The number of amides is 2. The van der Waals surface area contributed by atoms with Crippen LogP contribution < -0.4 is 5.32 Å². The lowest BCUT2D eigenvalue weighted by Crippen LogP contribution is -2.42. The first kappa shape index (κ1) is 22.1. The molecule has 7 heteroatoms. The summed E-state index contributed by atoms with van der Waals surface area (Å²) >= 11 is 0. The molecule has 2 aromatic rings. The molecule has 1 saturated heterocycles. The minimum absolute atomic E-state index is 0.0402. The van der Waals surface area contributed by atoms with Gasteiger partial charge in [-0.15, -0.1) is 0 Å². The number of likely N-dealkylation sites (tertiary alicyclic amines) is 1. The summed E-state index contributed by atoms with van der Waals surface area (Å²) < 4.78 is 16.0. The summed E-state index contributed by atoms with van der Waals surface area (Å²) in [7, 11) is 0. The van der Waals surface area contributed by atoms with Crippen molar-refractivity contribution in [3.05, 3.63) is 59.5 Å². The monoisotopic (exact) mass is 414 g/mol. The maximum absolute atomic E-state index is 12.6. The third kappa shape index (κ3) is 6.43. The number of rotatable bonds is 10. The molecule has 0 spiro atoms. The average molecular weight is 415 g/mol. The van der Waals surface area contributed by atoms with Crippen molar-refractivity contribution < 1.29 is 23.5 Å². The SMILES string of the molecule is CCOCCOCc1cccc(CNC(=O)C2CCN(C(=O)c3ccco3)CC2)c1. The van der Waals surface area contributed by atoms with Gasteiger partial charge >= 0.3 is 0 Å². The van der Waals surface area contributed by atoms with E-state index in [0.29, 0.717) is 64.7 Å². The molecule has 0 saturated carbocycles. The van der Waals surface area contributed by atoms with Crippen LogP contribution in [0.15, 0.2) is 47.1 Å². The number of nitrogens with zero attached hydrogens (tertiary/aromatic N) is 1. The van der Waals surface area contributed by atoms with E-state index in [2.05, 4.69) is 5.32 Å². The van der Waals surface area contributed by atoms with Crippen LogP contribution in [0.2, 0.25) is 0 Å². The van der Waals surface area contributed by atoms with E-state index in [-0.39, 0.29) is 17.7 Å². The van der Waals surface area contributed by atoms with Gasteiger partial charge in [-0.05, 0) is 43.0 Å². The van der Waals surface area contributed by atoms with Crippen LogP contribution in [0.1, 0.15) is 41.4 Å². The lowest BCUT2D eigenvalue weighted by molar-refractivity contribution is -0.126. The molecule has 30 heavy (non-hydrogen) atoms. The van der Waals surface area contributed by atoms with Crippen LogP contribution in [-0.2, 0) is 27.4 Å². The van der Waals surface area contributed by atoms with Crippen molar-refractivity contribution in [3.8, 4) is 0 Å². The van der Waals surface area contributed by atoms with Gasteiger partial charge in [-0.2, -0.15) is 0 Å². The van der Waals surface area contributed by atoms with Gasteiger partial charge in [-0.1, -0.05) is 24.3 Å². The van der Waals surface area contributed by atoms with Crippen LogP contribution in [0.25, 0.3) is 0 Å². The zero-order chi connectivity index (χ0) is 21.2. The number of hydrogen-bond acceptors (Lipinski definition) is 5. The molecule has 0 unspecified atom stereocenters. The standard InChI is InChI=1S/C23H30N2O5/c1-2-28-13-14-29-17-19-6-3-5-18(15-19)16-24-22(26)20-8-10-25(11-9-20)23(27)21-7-4-12-30-21/h3-7,12,15,20H,2,8-11,13-14,16-17H2,1H3,(H,24,26). The van der Waals surface area contributed by atoms with Crippen LogP contribution in [0.4, 0.5) is 0 Å². The number of benzene rings is 1. The smallest absolute Gasteiger partial charge is 0.289 e. The number of ether oxygens (including phenoxy) is 2. The van der Waals surface area contributed by atoms with E-state index in [9.17, 15) is 9.59 Å². The van der Waals surface area contributed by atoms with Gasteiger partial charge in [0.1, 0.15) is 0 Å². The molecule has 1 aliphatic heterocycles. The minimum atomic E-state index is -0.112. The molecule has 1 N–H and O–H groups in total. The first-order valence-electron chi connectivity index (χ1n) is 10.5. The molecule has 0 bridgehead atoms. The predicted molar refractivity (Wildman–Crippen MR) is 112 cm³/mol. The van der Waals surface area contributed by atoms with Gasteiger partial charge < -0.3 is 24.1 Å². The van der Waals surface area contributed by atoms with Crippen molar-refractivity contribution in [2.75, 3.05) is 32.9 Å². The van der Waals surface area contributed by atoms with Gasteiger partial charge in [0.25, 0.3) is 5.91 Å². The molecule has 0 aliphatic carbocycles. The van der Waals surface area contributed by atoms with Crippen molar-refractivity contribution in [1.82, 2.24) is 10.2 Å². The van der Waals surface area contributed by atoms with Crippen molar-refractivity contribution in [3.63, 3.8) is 0 Å². The Kier molecular flexibility index (Phi) is 8.47. The minimum Gasteiger partial charge on any atom is -0.459 e. The summed E-state index contributed by atoms with van der Waals surface area (Å²) in [5.74, 6) is 0.202. The maximum atomic E-state index is 12.6. The average Bonchev–Trinajstić information content (AvgIpc) is 3.32. The Morgan fingerprint density at radius 3 is 2.60 bits per heavy atom. The third-order valence-electron chi connectivity index (χ3n) is 5.19. The van der Waals surface area contributed by atoms with E-state index in [1.54, 1.807) is 17.0 Å². The fourth-order valence-corrected chi connectivity index (χ4v) is 3.52.